The maximum atomic E-state index is 12.8. The average Bonchev–Trinajstić information content (AvgIpc) is 2.92. The lowest BCUT2D eigenvalue weighted by molar-refractivity contribution is -0.153. The summed E-state index contributed by atoms with van der Waals surface area (Å²) in [5.41, 5.74) is 3.80. The molecular weight excluding hydrogens is 366 g/mol. The van der Waals surface area contributed by atoms with Gasteiger partial charge in [-0.2, -0.15) is 17.6 Å². The average molecular weight is 381 g/mol. The highest BCUT2D eigenvalue weighted by Gasteiger charge is 2.37. The molecular formula is C19H15F4NO3. The highest BCUT2D eigenvalue weighted by molar-refractivity contribution is 5.81. The normalized spacial score (nSPS) is 14.2. The first-order valence-corrected chi connectivity index (χ1v) is 8.14. The Bertz CT molecular complexity index is 821. The van der Waals surface area contributed by atoms with Crippen molar-refractivity contribution in [3.63, 3.8) is 0 Å². The maximum absolute atomic E-state index is 12.8. The molecule has 1 amide bonds. The van der Waals surface area contributed by atoms with Gasteiger partial charge in [0.1, 0.15) is 12.6 Å². The zero-order valence-electron chi connectivity index (χ0n) is 13.9. The first kappa shape index (κ1) is 18.9. The van der Waals surface area contributed by atoms with Crippen LogP contribution in [0.15, 0.2) is 48.5 Å². The second kappa shape index (κ2) is 7.38. The maximum Gasteiger partial charge on any atom is 0.407 e. The molecule has 0 saturated carbocycles. The van der Waals surface area contributed by atoms with E-state index in [1.165, 1.54) is 0 Å². The van der Waals surface area contributed by atoms with Crippen molar-refractivity contribution >= 4 is 12.1 Å². The van der Waals surface area contributed by atoms with Crippen LogP contribution in [0.1, 0.15) is 23.5 Å². The number of nitrogens with one attached hydrogen (secondary N) is 1. The summed E-state index contributed by atoms with van der Waals surface area (Å²) in [6.07, 6.45) is -7.88. The Morgan fingerprint density at radius 1 is 1.00 bits per heavy atom. The third-order valence-corrected chi connectivity index (χ3v) is 4.35. The molecule has 142 valence electrons. The molecule has 0 bridgehead atoms. The van der Waals surface area contributed by atoms with Gasteiger partial charge in [0, 0.05) is 5.92 Å². The van der Waals surface area contributed by atoms with Gasteiger partial charge in [-0.05, 0) is 22.3 Å². The van der Waals surface area contributed by atoms with Crippen LogP contribution in [-0.2, 0) is 9.53 Å². The van der Waals surface area contributed by atoms with Crippen molar-refractivity contribution in [1.82, 2.24) is 5.32 Å². The van der Waals surface area contributed by atoms with Crippen LogP contribution in [0.2, 0.25) is 0 Å². The lowest BCUT2D eigenvalue weighted by Crippen LogP contribution is -2.42. The van der Waals surface area contributed by atoms with Crippen LogP contribution in [-0.4, -0.2) is 31.0 Å². The minimum Gasteiger partial charge on any atom is -0.449 e. The van der Waals surface area contributed by atoms with E-state index in [1.807, 2.05) is 48.5 Å². The van der Waals surface area contributed by atoms with Crippen LogP contribution in [0.5, 0.6) is 0 Å². The molecule has 1 aliphatic carbocycles. The number of carbonyl (C=O) groups excluding carboxylic acids is 2. The first-order valence-electron chi connectivity index (χ1n) is 8.14. The molecule has 0 spiro atoms. The number of rotatable bonds is 5. The second-order valence-corrected chi connectivity index (χ2v) is 6.15. The van der Waals surface area contributed by atoms with Crippen LogP contribution in [0.3, 0.4) is 0 Å². The number of carbonyl (C=O) groups is 2. The minimum atomic E-state index is -4.80. The van der Waals surface area contributed by atoms with Gasteiger partial charge in [-0.3, -0.25) is 4.79 Å². The van der Waals surface area contributed by atoms with E-state index in [1.54, 1.807) is 5.32 Å². The van der Waals surface area contributed by atoms with Gasteiger partial charge in [0.15, 0.2) is 0 Å². The summed E-state index contributed by atoms with van der Waals surface area (Å²) in [5, 5.41) is 1.64. The lowest BCUT2D eigenvalue weighted by atomic mass is 9.98. The van der Waals surface area contributed by atoms with E-state index >= 15 is 0 Å². The number of halogens is 4. The Balaban J connectivity index is 1.69. The largest absolute Gasteiger partial charge is 0.449 e. The molecule has 1 atom stereocenters. The number of ether oxygens (including phenoxy) is 1. The van der Waals surface area contributed by atoms with Gasteiger partial charge < -0.3 is 10.1 Å². The van der Waals surface area contributed by atoms with Crippen molar-refractivity contribution in [3.8, 4) is 11.1 Å². The fourth-order valence-electron chi connectivity index (χ4n) is 3.20. The summed E-state index contributed by atoms with van der Waals surface area (Å²) < 4.78 is 54.9. The van der Waals surface area contributed by atoms with E-state index in [4.69, 9.17) is 4.74 Å². The molecule has 0 fully saturated rings. The second-order valence-electron chi connectivity index (χ2n) is 6.15. The molecule has 4 nitrogen and oxygen atoms in total. The number of hydrogen-bond acceptors (Lipinski definition) is 3. The van der Waals surface area contributed by atoms with Gasteiger partial charge in [-0.25, -0.2) is 4.79 Å². The van der Waals surface area contributed by atoms with E-state index in [0.29, 0.717) is 0 Å². The Labute approximate surface area is 152 Å². The summed E-state index contributed by atoms with van der Waals surface area (Å²) in [6.45, 7) is -0.154. The van der Waals surface area contributed by atoms with Gasteiger partial charge in [0.2, 0.25) is 0 Å². The molecule has 3 rings (SSSR count). The molecule has 0 heterocycles. The molecule has 0 saturated heterocycles. The highest BCUT2D eigenvalue weighted by atomic mass is 19.4. The first-order chi connectivity index (χ1) is 12.8. The number of hydrogen-bond donors (Lipinski definition) is 1. The van der Waals surface area contributed by atoms with Crippen LogP contribution >= 0.6 is 0 Å². The predicted molar refractivity (Wildman–Crippen MR) is 88.8 cm³/mol. The Kier molecular flexibility index (Phi) is 5.16. The summed E-state index contributed by atoms with van der Waals surface area (Å²) in [7, 11) is 0. The molecule has 1 N–H and O–H groups in total. The van der Waals surface area contributed by atoms with Crippen LogP contribution in [0.4, 0.5) is 22.4 Å². The van der Waals surface area contributed by atoms with E-state index in [0.717, 1.165) is 22.3 Å². The third-order valence-electron chi connectivity index (χ3n) is 4.35. The molecule has 27 heavy (non-hydrogen) atoms. The fraction of sp³-hybridized carbons (Fsp3) is 0.263. The predicted octanol–water partition coefficient (Wildman–Crippen LogP) is 4.34. The van der Waals surface area contributed by atoms with Crippen molar-refractivity contribution in [2.45, 2.75) is 24.6 Å². The zero-order chi connectivity index (χ0) is 19.6. The van der Waals surface area contributed by atoms with Crippen molar-refractivity contribution < 1.29 is 31.9 Å². The van der Waals surface area contributed by atoms with Gasteiger partial charge in [-0.1, -0.05) is 48.5 Å². The van der Waals surface area contributed by atoms with E-state index in [-0.39, 0.29) is 12.5 Å². The fourth-order valence-corrected chi connectivity index (χ4v) is 3.20. The van der Waals surface area contributed by atoms with Crippen LogP contribution in [0, 0.1) is 0 Å². The van der Waals surface area contributed by atoms with Gasteiger partial charge in [0.05, 0.1) is 6.42 Å². The summed E-state index contributed by atoms with van der Waals surface area (Å²) >= 11 is 0. The van der Waals surface area contributed by atoms with Gasteiger partial charge >= 0.3 is 18.3 Å². The SMILES string of the molecule is O=C(N[C@@H](CC(F)(F)F)C(=O)F)OCC1c2ccccc2-c2ccccc21. The number of alkyl halides is 3. The van der Waals surface area contributed by atoms with E-state index in [9.17, 15) is 27.2 Å². The monoisotopic (exact) mass is 381 g/mol. The molecule has 1 aliphatic rings. The topological polar surface area (TPSA) is 55.4 Å². The highest BCUT2D eigenvalue weighted by Crippen LogP contribution is 2.44. The number of fused-ring (bicyclic) bond motifs is 3. The van der Waals surface area contributed by atoms with E-state index < -0.39 is 30.8 Å². The van der Waals surface area contributed by atoms with Crippen molar-refractivity contribution in [3.05, 3.63) is 59.7 Å². The minimum absolute atomic E-state index is 0.154. The molecule has 8 heteroatoms. The standard InChI is InChI=1S/C19H15F4NO3/c20-17(25)16(9-19(21,22)23)24-18(26)27-10-15-13-7-3-1-5-11(13)12-6-2-4-8-14(12)15/h1-8,15-16H,9-10H2,(H,24,26)/t16-/m0/s1. The number of amides is 1. The Morgan fingerprint density at radius 2 is 1.52 bits per heavy atom. The van der Waals surface area contributed by atoms with Crippen LogP contribution in [0.25, 0.3) is 11.1 Å². The number of benzene rings is 2. The Morgan fingerprint density at radius 3 is 2.00 bits per heavy atom. The molecule has 0 aromatic heterocycles. The molecule has 2 aromatic rings. The molecule has 0 aliphatic heterocycles. The molecule has 0 unspecified atom stereocenters. The quantitative estimate of drug-likeness (QED) is 0.619. The molecule has 0 radical (unpaired) electrons. The van der Waals surface area contributed by atoms with Crippen molar-refractivity contribution in [2.75, 3.05) is 6.61 Å². The van der Waals surface area contributed by atoms with Gasteiger partial charge in [0.25, 0.3) is 0 Å². The summed E-state index contributed by atoms with van der Waals surface area (Å²) in [5.74, 6) is -0.301. The van der Waals surface area contributed by atoms with Gasteiger partial charge in [-0.15, -0.1) is 0 Å². The summed E-state index contributed by atoms with van der Waals surface area (Å²) in [6, 6.07) is 10.4. The number of alkyl carbamates (subject to hydrolysis) is 1. The van der Waals surface area contributed by atoms with E-state index in [2.05, 4.69) is 0 Å². The zero-order valence-corrected chi connectivity index (χ0v) is 13.9. The summed E-state index contributed by atoms with van der Waals surface area (Å²) in [4.78, 5) is 22.5. The van der Waals surface area contributed by atoms with Crippen LogP contribution < -0.4 is 5.32 Å². The lowest BCUT2D eigenvalue weighted by Gasteiger charge is -2.18. The van der Waals surface area contributed by atoms with Crippen molar-refractivity contribution in [1.29, 1.82) is 0 Å². The molecule has 2 aromatic carbocycles. The smallest absolute Gasteiger partial charge is 0.407 e. The third kappa shape index (κ3) is 4.27. The van der Waals surface area contributed by atoms with Crippen molar-refractivity contribution in [2.24, 2.45) is 0 Å². The Hall–Kier alpha value is -2.90.